The molecule has 0 aliphatic carbocycles. The summed E-state index contributed by atoms with van der Waals surface area (Å²) in [5.41, 5.74) is 7.51. The Bertz CT molecular complexity index is 1640. The summed E-state index contributed by atoms with van der Waals surface area (Å²) in [6.07, 6.45) is 1.01. The molecule has 4 aromatic rings. The van der Waals surface area contributed by atoms with Gasteiger partial charge in [0, 0.05) is 35.4 Å². The largest absolute Gasteiger partial charge is 0.370 e. The normalized spacial score (nSPS) is 10.5. The summed E-state index contributed by atoms with van der Waals surface area (Å²) in [7, 11) is 4.09. The molecule has 0 aliphatic rings. The van der Waals surface area contributed by atoms with Crippen LogP contribution in [-0.4, -0.2) is 64.1 Å². The third-order valence-electron chi connectivity index (χ3n) is 6.75. The molecular formula is C33H43ClN10O2. The van der Waals surface area contributed by atoms with Crippen LogP contribution in [0.4, 0.5) is 38.7 Å². The minimum atomic E-state index is -0.407. The lowest BCUT2D eigenvalue weighted by Crippen LogP contribution is -2.21. The maximum atomic E-state index is 12.2. The zero-order valence-electron chi connectivity index (χ0n) is 27.7. The van der Waals surface area contributed by atoms with E-state index in [9.17, 15) is 9.59 Å². The van der Waals surface area contributed by atoms with Gasteiger partial charge >= 0.3 is 12.1 Å². The number of hydrogen-bond donors (Lipinski definition) is 5. The smallest absolute Gasteiger partial charge is 0.326 e. The highest BCUT2D eigenvalue weighted by atomic mass is 35.5. The number of nitrogens with zero attached hydrogens (tertiary/aromatic N) is 5. The van der Waals surface area contributed by atoms with Crippen molar-refractivity contribution in [3.63, 3.8) is 0 Å². The predicted molar refractivity (Wildman–Crippen MR) is 187 cm³/mol. The highest BCUT2D eigenvalue weighted by Crippen LogP contribution is 2.16. The summed E-state index contributed by atoms with van der Waals surface area (Å²) in [6.45, 7) is 13.5. The van der Waals surface area contributed by atoms with E-state index in [2.05, 4.69) is 51.4 Å². The van der Waals surface area contributed by atoms with Crippen LogP contribution >= 0.6 is 11.6 Å². The fourth-order valence-electron chi connectivity index (χ4n) is 4.08. The van der Waals surface area contributed by atoms with E-state index in [-0.39, 0.29) is 17.9 Å². The van der Waals surface area contributed by atoms with Crippen molar-refractivity contribution in [1.82, 2.24) is 24.8 Å². The van der Waals surface area contributed by atoms with E-state index in [0.717, 1.165) is 42.0 Å². The third-order valence-corrected chi connectivity index (χ3v) is 6.94. The minimum absolute atomic E-state index is 0.177. The van der Waals surface area contributed by atoms with E-state index in [1.807, 2.05) is 91.2 Å². The summed E-state index contributed by atoms with van der Waals surface area (Å²) >= 11 is 5.81. The second-order valence-corrected chi connectivity index (χ2v) is 11.6. The molecule has 4 rings (SSSR count). The molecular weight excluding hydrogens is 604 g/mol. The first-order chi connectivity index (χ1) is 21.8. The SMILES string of the molecule is Cc1cc(Cl)nc(NC(=O)Nc2ccc(C)c(C)c2)n1.Cc1cc(NCCCN(C)C)nc(NC(=O)Nc2ccc(C)c(C)c2)n1. The number of hydrogen-bond acceptors (Lipinski definition) is 8. The highest BCUT2D eigenvalue weighted by molar-refractivity contribution is 6.29. The number of anilines is 5. The third kappa shape index (κ3) is 12.3. The van der Waals surface area contributed by atoms with Crippen LogP contribution in [0.3, 0.4) is 0 Å². The molecule has 12 nitrogen and oxygen atoms in total. The molecule has 0 atom stereocenters. The molecule has 244 valence electrons. The van der Waals surface area contributed by atoms with Crippen LogP contribution in [-0.2, 0) is 0 Å². The molecule has 0 radical (unpaired) electrons. The van der Waals surface area contributed by atoms with Crippen molar-refractivity contribution in [2.45, 2.75) is 48.0 Å². The Balaban J connectivity index is 0.000000259. The Morgan fingerprint density at radius 3 is 1.63 bits per heavy atom. The summed E-state index contributed by atoms with van der Waals surface area (Å²) in [5, 5.41) is 14.3. The standard InChI is InChI=1S/C19H28N6O.C14H15ClN4O/c1-13-7-8-16(11-14(13)2)22-19(26)24-18-21-15(3)12-17(23-18)20-9-6-10-25(4)5;1-8-4-5-11(6-9(8)2)17-14(20)19-13-16-10(3)7-12(15)18-13/h7-8,11-12H,6,9-10H2,1-5H3,(H3,20,21,22,23,24,26);4-7H,1-3H3,(H2,16,17,18,19,20). The van der Waals surface area contributed by atoms with E-state index in [0.29, 0.717) is 22.4 Å². The van der Waals surface area contributed by atoms with E-state index in [4.69, 9.17) is 11.6 Å². The van der Waals surface area contributed by atoms with Gasteiger partial charge in [-0.25, -0.2) is 24.5 Å². The van der Waals surface area contributed by atoms with E-state index < -0.39 is 6.03 Å². The highest BCUT2D eigenvalue weighted by Gasteiger charge is 2.09. The number of nitrogens with one attached hydrogen (secondary N) is 5. The lowest BCUT2D eigenvalue weighted by Gasteiger charge is -2.12. The second-order valence-electron chi connectivity index (χ2n) is 11.2. The molecule has 0 unspecified atom stereocenters. The number of aromatic nitrogens is 4. The zero-order chi connectivity index (χ0) is 33.8. The Kier molecular flexibility index (Phi) is 13.2. The van der Waals surface area contributed by atoms with Gasteiger partial charge in [-0.05, 0) is 121 Å². The van der Waals surface area contributed by atoms with Crippen LogP contribution in [0.5, 0.6) is 0 Å². The Hall–Kier alpha value is -4.81. The molecule has 2 aromatic carbocycles. The Morgan fingerprint density at radius 1 is 0.652 bits per heavy atom. The fourth-order valence-corrected chi connectivity index (χ4v) is 4.32. The van der Waals surface area contributed by atoms with Gasteiger partial charge in [-0.1, -0.05) is 23.7 Å². The second kappa shape index (κ2) is 17.0. The molecule has 2 aromatic heterocycles. The number of halogens is 1. The first kappa shape index (κ1) is 35.7. The van der Waals surface area contributed by atoms with Gasteiger partial charge in [0.15, 0.2) is 0 Å². The first-order valence-corrected chi connectivity index (χ1v) is 15.2. The lowest BCUT2D eigenvalue weighted by atomic mass is 10.1. The average molecular weight is 647 g/mol. The minimum Gasteiger partial charge on any atom is -0.370 e. The van der Waals surface area contributed by atoms with E-state index >= 15 is 0 Å². The molecule has 0 saturated carbocycles. The van der Waals surface area contributed by atoms with Crippen molar-refractivity contribution in [3.8, 4) is 0 Å². The predicted octanol–water partition coefficient (Wildman–Crippen LogP) is 7.11. The van der Waals surface area contributed by atoms with Crippen molar-refractivity contribution in [1.29, 1.82) is 0 Å². The lowest BCUT2D eigenvalue weighted by molar-refractivity contribution is 0.261. The molecule has 0 aliphatic heterocycles. The van der Waals surface area contributed by atoms with Crippen LogP contribution in [0.25, 0.3) is 0 Å². The van der Waals surface area contributed by atoms with Crippen molar-refractivity contribution in [2.75, 3.05) is 53.8 Å². The monoisotopic (exact) mass is 646 g/mol. The average Bonchev–Trinajstić information content (AvgIpc) is 2.94. The summed E-state index contributed by atoms with van der Waals surface area (Å²) in [6, 6.07) is 14.2. The Labute approximate surface area is 275 Å². The van der Waals surface area contributed by atoms with Gasteiger partial charge in [-0.15, -0.1) is 0 Å². The van der Waals surface area contributed by atoms with Gasteiger partial charge in [-0.3, -0.25) is 10.6 Å². The van der Waals surface area contributed by atoms with Gasteiger partial charge in [0.25, 0.3) is 0 Å². The fraction of sp³-hybridized carbons (Fsp3) is 0.333. The van der Waals surface area contributed by atoms with E-state index in [1.54, 1.807) is 13.0 Å². The van der Waals surface area contributed by atoms with Crippen molar-refractivity contribution >= 4 is 52.8 Å². The first-order valence-electron chi connectivity index (χ1n) is 14.8. The molecule has 0 spiro atoms. The topological polar surface area (TPSA) is 149 Å². The molecule has 46 heavy (non-hydrogen) atoms. The number of aryl methyl sites for hydroxylation is 6. The van der Waals surface area contributed by atoms with Crippen molar-refractivity contribution in [3.05, 3.63) is 87.3 Å². The molecule has 0 bridgehead atoms. The number of carbonyl (C=O) groups excluding carboxylic acids is 2. The molecule has 0 fully saturated rings. The summed E-state index contributed by atoms with van der Waals surface area (Å²) in [4.78, 5) is 42.8. The van der Waals surface area contributed by atoms with Crippen molar-refractivity contribution in [2.24, 2.45) is 0 Å². The maximum Gasteiger partial charge on any atom is 0.326 e. The summed E-state index contributed by atoms with van der Waals surface area (Å²) in [5.74, 6) is 1.16. The van der Waals surface area contributed by atoms with Crippen LogP contribution in [0.15, 0.2) is 48.5 Å². The zero-order valence-corrected chi connectivity index (χ0v) is 28.4. The molecule has 4 amide bonds. The van der Waals surface area contributed by atoms with E-state index in [1.165, 1.54) is 11.1 Å². The maximum absolute atomic E-state index is 12.2. The van der Waals surface area contributed by atoms with Gasteiger partial charge in [0.1, 0.15) is 11.0 Å². The molecule has 5 N–H and O–H groups in total. The Morgan fingerprint density at radius 2 is 1.15 bits per heavy atom. The van der Waals surface area contributed by atoms with Gasteiger partial charge in [-0.2, -0.15) is 4.98 Å². The summed E-state index contributed by atoms with van der Waals surface area (Å²) < 4.78 is 0. The number of amides is 4. The molecule has 0 saturated heterocycles. The van der Waals surface area contributed by atoms with Crippen LogP contribution in [0, 0.1) is 41.5 Å². The van der Waals surface area contributed by atoms with Crippen LogP contribution in [0.1, 0.15) is 40.1 Å². The number of rotatable bonds is 9. The van der Waals surface area contributed by atoms with Gasteiger partial charge in [0.05, 0.1) is 0 Å². The number of urea groups is 2. The number of benzene rings is 2. The number of carbonyl (C=O) groups is 2. The molecule has 2 heterocycles. The van der Waals surface area contributed by atoms with Crippen LogP contribution < -0.4 is 26.6 Å². The van der Waals surface area contributed by atoms with Gasteiger partial charge in [0.2, 0.25) is 11.9 Å². The quantitative estimate of drug-likeness (QED) is 0.0954. The van der Waals surface area contributed by atoms with Crippen LogP contribution in [0.2, 0.25) is 5.15 Å². The van der Waals surface area contributed by atoms with Gasteiger partial charge < -0.3 is 20.9 Å². The molecule has 13 heteroatoms. The van der Waals surface area contributed by atoms with Crippen molar-refractivity contribution < 1.29 is 9.59 Å².